The topological polar surface area (TPSA) is 81.8 Å². The Balaban J connectivity index is 1.85. The number of benzene rings is 1. The molecule has 8 heteroatoms. The van der Waals surface area contributed by atoms with Crippen LogP contribution in [0.1, 0.15) is 38.5 Å². The van der Waals surface area contributed by atoms with Crippen LogP contribution in [0.4, 0.5) is 15.8 Å². The summed E-state index contributed by atoms with van der Waals surface area (Å²) in [5.74, 6) is -0.262. The Morgan fingerprint density at radius 1 is 1.38 bits per heavy atom. The molecule has 0 aliphatic carbocycles. The van der Waals surface area contributed by atoms with Crippen molar-refractivity contribution in [3.8, 4) is 12.3 Å². The summed E-state index contributed by atoms with van der Waals surface area (Å²) < 4.78 is 20.2. The quantitative estimate of drug-likeness (QED) is 0.312. The first kappa shape index (κ1) is 22.9. The molecule has 0 saturated carbocycles. The molecule has 32 heavy (non-hydrogen) atoms. The van der Waals surface area contributed by atoms with Gasteiger partial charge in [0.05, 0.1) is 25.3 Å². The fourth-order valence-electron chi connectivity index (χ4n) is 3.78. The number of carbonyl (C=O) groups excluding carboxylic acids is 3. The van der Waals surface area contributed by atoms with Crippen LogP contribution in [0, 0.1) is 50.4 Å². The summed E-state index contributed by atoms with van der Waals surface area (Å²) in [7, 11) is 1.61. The summed E-state index contributed by atoms with van der Waals surface area (Å²) >= 11 is 0. The lowest BCUT2D eigenvalue weighted by molar-refractivity contribution is -0.117. The number of hydrogen-bond donors (Lipinski definition) is 1. The number of rotatable bonds is 7. The van der Waals surface area contributed by atoms with E-state index < -0.39 is 23.3 Å². The van der Waals surface area contributed by atoms with Crippen LogP contribution in [0.2, 0.25) is 0 Å². The lowest BCUT2D eigenvalue weighted by Gasteiger charge is -2.30. The molecule has 2 heterocycles. The number of anilines is 1. The largest absolute Gasteiger partial charge is 0.381 e. The van der Waals surface area contributed by atoms with Crippen LogP contribution in [0.5, 0.6) is 0 Å². The van der Waals surface area contributed by atoms with Crippen molar-refractivity contribution in [2.45, 2.75) is 20.3 Å². The Labute approximate surface area is 185 Å². The second kappa shape index (κ2) is 9.17. The first-order valence-electron chi connectivity index (χ1n) is 9.95. The number of nitrogens with zero attached hydrogens (tertiary/aromatic N) is 2. The summed E-state index contributed by atoms with van der Waals surface area (Å²) in [6.07, 6.45) is 5.46. The van der Waals surface area contributed by atoms with Gasteiger partial charge in [-0.15, -0.1) is 12.3 Å². The van der Waals surface area contributed by atoms with Gasteiger partial charge in [-0.05, 0) is 37.6 Å². The number of hydrogen-bond acceptors (Lipinski definition) is 4. The molecule has 1 amide bonds. The van der Waals surface area contributed by atoms with Gasteiger partial charge in [-0.3, -0.25) is 14.4 Å². The van der Waals surface area contributed by atoms with E-state index in [4.69, 9.17) is 17.7 Å². The van der Waals surface area contributed by atoms with Crippen LogP contribution in [-0.4, -0.2) is 35.3 Å². The first-order chi connectivity index (χ1) is 15.2. The molecule has 3 rings (SSSR count). The molecule has 1 aliphatic rings. The van der Waals surface area contributed by atoms with Gasteiger partial charge in [0, 0.05) is 36.7 Å². The number of ether oxygens (including phenoxy) is 1. The zero-order valence-corrected chi connectivity index (χ0v) is 18.0. The molecule has 1 aromatic heterocycles. The lowest BCUT2D eigenvalue weighted by atomic mass is 9.85. The minimum Gasteiger partial charge on any atom is -0.381 e. The fraction of sp³-hybridized carbons (Fsp3) is 0.333. The predicted molar refractivity (Wildman–Crippen MR) is 116 cm³/mol. The normalized spacial score (nSPS) is 14.1. The number of aromatic nitrogens is 1. The second-order valence-corrected chi connectivity index (χ2v) is 7.75. The molecule has 1 N–H and O–H groups in total. The first-order valence-corrected chi connectivity index (χ1v) is 9.95. The zero-order valence-electron chi connectivity index (χ0n) is 18.0. The smallest absolute Gasteiger partial charge is 0.272 e. The maximum absolute atomic E-state index is 13.6. The Kier molecular flexibility index (Phi) is 6.57. The number of carbonyl (C=O) groups is 3. The minimum absolute atomic E-state index is 0.0621. The number of nitrogens with one attached hydrogen (secondary N) is 1. The summed E-state index contributed by atoms with van der Waals surface area (Å²) in [6.45, 7) is 11.2. The standard InChI is InChI=1S/C24H22FN3O4/c1-6-15(16-11-32-12-16)9-20(29)23(30)21-13(2)22(28(5)14(21)3)24(31)27-17-7-8-18(25)19(10-17)26-4/h1,7-8,10,15-16H,9,11-12H2,2-3,5H3,(H,27,31)/t15-/m0/s1. The van der Waals surface area contributed by atoms with E-state index in [-0.39, 0.29) is 40.9 Å². The summed E-state index contributed by atoms with van der Waals surface area (Å²) in [6, 6.07) is 3.66. The maximum Gasteiger partial charge on any atom is 0.272 e. The molecule has 1 saturated heterocycles. The van der Waals surface area contributed by atoms with E-state index in [1.807, 2.05) is 0 Å². The highest BCUT2D eigenvalue weighted by molar-refractivity contribution is 6.44. The average Bonchev–Trinajstić information content (AvgIpc) is 2.95. The number of ketones is 2. The number of Topliss-reactive ketones (excluding diaryl/α,β-unsaturated/α-hetero) is 2. The van der Waals surface area contributed by atoms with Crippen LogP contribution in [0.3, 0.4) is 0 Å². The van der Waals surface area contributed by atoms with Gasteiger partial charge in [0.25, 0.3) is 5.91 Å². The molecule has 1 fully saturated rings. The second-order valence-electron chi connectivity index (χ2n) is 7.75. The third-order valence-electron chi connectivity index (χ3n) is 5.80. The van der Waals surface area contributed by atoms with Gasteiger partial charge < -0.3 is 14.6 Å². The van der Waals surface area contributed by atoms with E-state index in [1.54, 1.807) is 20.9 Å². The van der Waals surface area contributed by atoms with Crippen LogP contribution in [0.15, 0.2) is 18.2 Å². The van der Waals surface area contributed by atoms with E-state index in [2.05, 4.69) is 16.1 Å². The van der Waals surface area contributed by atoms with Crippen molar-refractivity contribution in [3.63, 3.8) is 0 Å². The van der Waals surface area contributed by atoms with Crippen LogP contribution < -0.4 is 5.32 Å². The minimum atomic E-state index is -0.688. The molecule has 1 atom stereocenters. The average molecular weight is 435 g/mol. The molecule has 0 spiro atoms. The van der Waals surface area contributed by atoms with E-state index >= 15 is 0 Å². The van der Waals surface area contributed by atoms with Crippen molar-refractivity contribution in [2.24, 2.45) is 18.9 Å². The Hall–Kier alpha value is -3.75. The summed E-state index contributed by atoms with van der Waals surface area (Å²) in [5, 5.41) is 2.62. The maximum atomic E-state index is 13.6. The van der Waals surface area contributed by atoms with Gasteiger partial charge in [0.2, 0.25) is 17.3 Å². The third kappa shape index (κ3) is 4.18. The van der Waals surface area contributed by atoms with Crippen molar-refractivity contribution in [3.05, 3.63) is 57.9 Å². The number of amides is 1. The molecular weight excluding hydrogens is 413 g/mol. The number of terminal acetylenes is 1. The van der Waals surface area contributed by atoms with Crippen molar-refractivity contribution in [1.82, 2.24) is 4.57 Å². The highest BCUT2D eigenvalue weighted by Gasteiger charge is 2.33. The molecular formula is C24H22FN3O4. The lowest BCUT2D eigenvalue weighted by Crippen LogP contribution is -2.35. The Morgan fingerprint density at radius 3 is 2.62 bits per heavy atom. The van der Waals surface area contributed by atoms with Gasteiger partial charge in [0.15, 0.2) is 0 Å². The van der Waals surface area contributed by atoms with Crippen molar-refractivity contribution < 1.29 is 23.5 Å². The van der Waals surface area contributed by atoms with E-state index in [0.717, 1.165) is 6.07 Å². The third-order valence-corrected chi connectivity index (χ3v) is 5.80. The highest BCUT2D eigenvalue weighted by atomic mass is 19.1. The van der Waals surface area contributed by atoms with Gasteiger partial charge in [-0.1, -0.05) is 0 Å². The van der Waals surface area contributed by atoms with E-state index in [9.17, 15) is 18.8 Å². The molecule has 1 aliphatic heterocycles. The monoisotopic (exact) mass is 435 g/mol. The molecule has 0 bridgehead atoms. The van der Waals surface area contributed by atoms with Gasteiger partial charge >= 0.3 is 0 Å². The highest BCUT2D eigenvalue weighted by Crippen LogP contribution is 2.28. The number of halogens is 1. The van der Waals surface area contributed by atoms with Crippen LogP contribution >= 0.6 is 0 Å². The molecule has 0 unspecified atom stereocenters. The predicted octanol–water partition coefficient (Wildman–Crippen LogP) is 3.62. The van der Waals surface area contributed by atoms with Crippen LogP contribution in [-0.2, 0) is 16.6 Å². The summed E-state index contributed by atoms with van der Waals surface area (Å²) in [5.41, 5.74) is 1.21. The van der Waals surface area contributed by atoms with Crippen molar-refractivity contribution in [1.29, 1.82) is 0 Å². The van der Waals surface area contributed by atoms with E-state index in [1.165, 1.54) is 16.7 Å². The molecule has 1 aromatic carbocycles. The fourth-order valence-corrected chi connectivity index (χ4v) is 3.78. The van der Waals surface area contributed by atoms with Gasteiger partial charge in [-0.2, -0.15) is 0 Å². The zero-order chi connectivity index (χ0) is 23.6. The van der Waals surface area contributed by atoms with Crippen LogP contribution in [0.25, 0.3) is 4.85 Å². The van der Waals surface area contributed by atoms with E-state index in [0.29, 0.717) is 24.5 Å². The molecule has 7 nitrogen and oxygen atoms in total. The Bertz CT molecular complexity index is 1200. The SMILES string of the molecule is [C-]#[N+]c1cc(NC(=O)c2c(C)c(C(=O)C(=O)C[C@H](C#C)C3COC3)c(C)n2C)ccc1F. The molecule has 2 aromatic rings. The van der Waals surface area contributed by atoms with Crippen molar-refractivity contribution in [2.75, 3.05) is 18.5 Å². The Morgan fingerprint density at radius 2 is 2.06 bits per heavy atom. The molecule has 0 radical (unpaired) electrons. The van der Waals surface area contributed by atoms with Crippen molar-refractivity contribution >= 4 is 28.8 Å². The van der Waals surface area contributed by atoms with Gasteiger partial charge in [0.1, 0.15) is 11.5 Å². The summed E-state index contributed by atoms with van der Waals surface area (Å²) in [4.78, 5) is 41.6. The van der Waals surface area contributed by atoms with Gasteiger partial charge in [-0.25, -0.2) is 9.24 Å². The molecule has 164 valence electrons.